The third-order valence-corrected chi connectivity index (χ3v) is 9.72. The lowest BCUT2D eigenvalue weighted by molar-refractivity contribution is -0.298. The maximum absolute atomic E-state index is 13.7. The van der Waals surface area contributed by atoms with Crippen LogP contribution in [-0.2, 0) is 23.8 Å². The fourth-order valence-corrected chi connectivity index (χ4v) is 7.52. The molecule has 0 aromatic heterocycles. The van der Waals surface area contributed by atoms with Crippen LogP contribution in [0.3, 0.4) is 0 Å². The molecule has 0 spiro atoms. The summed E-state index contributed by atoms with van der Waals surface area (Å²) in [6, 6.07) is 0. The molecule has 1 saturated heterocycles. The SMILES string of the molecule is C[C@]12CCC[C@](C)(C(=O)O[C@@H]3O[C@H](CO)[C@@H](O)[C@H](O)[C@H]3O)[C@@H]1CCC1=CC3=C(CC[C@@]12O)C(=O)OC3. The fraction of sp³-hybridized carbons (Fsp3) is 0.769. The number of aliphatic hydroxyl groups is 5. The van der Waals surface area contributed by atoms with Crippen molar-refractivity contribution in [1.29, 1.82) is 0 Å². The van der Waals surface area contributed by atoms with Crippen LogP contribution in [-0.4, -0.2) is 87.0 Å². The molecule has 10 nitrogen and oxygen atoms in total. The van der Waals surface area contributed by atoms with Crippen LogP contribution < -0.4 is 0 Å². The third kappa shape index (κ3) is 3.60. The van der Waals surface area contributed by atoms with Crippen LogP contribution in [0.25, 0.3) is 0 Å². The van der Waals surface area contributed by atoms with E-state index in [1.165, 1.54) is 0 Å². The summed E-state index contributed by atoms with van der Waals surface area (Å²) in [6.45, 7) is 3.42. The van der Waals surface area contributed by atoms with Gasteiger partial charge in [-0.15, -0.1) is 0 Å². The molecular formula is C26H36O10. The van der Waals surface area contributed by atoms with E-state index in [4.69, 9.17) is 14.2 Å². The molecule has 5 N–H and O–H groups in total. The van der Waals surface area contributed by atoms with Crippen LogP contribution in [0.1, 0.15) is 58.8 Å². The highest BCUT2D eigenvalue weighted by Gasteiger charge is 2.64. The van der Waals surface area contributed by atoms with Crippen LogP contribution in [0.5, 0.6) is 0 Å². The van der Waals surface area contributed by atoms with Crippen LogP contribution in [0.2, 0.25) is 0 Å². The molecule has 3 fully saturated rings. The van der Waals surface area contributed by atoms with E-state index in [2.05, 4.69) is 0 Å². The molecule has 2 saturated carbocycles. The van der Waals surface area contributed by atoms with E-state index >= 15 is 0 Å². The minimum atomic E-state index is -1.68. The Hall–Kier alpha value is -1.82. The maximum Gasteiger partial charge on any atom is 0.334 e. The minimum Gasteiger partial charge on any atom is -0.457 e. The van der Waals surface area contributed by atoms with E-state index < -0.39 is 59.7 Å². The highest BCUT2D eigenvalue weighted by atomic mass is 16.7. The number of esters is 2. The van der Waals surface area contributed by atoms with E-state index in [-0.39, 0.29) is 18.5 Å². The first kappa shape index (κ1) is 25.8. The number of fused-ring (bicyclic) bond motifs is 3. The van der Waals surface area contributed by atoms with Gasteiger partial charge in [0.05, 0.1) is 17.6 Å². The van der Waals surface area contributed by atoms with Crippen molar-refractivity contribution in [2.45, 2.75) is 95.1 Å². The van der Waals surface area contributed by atoms with Gasteiger partial charge in [0.25, 0.3) is 0 Å². The van der Waals surface area contributed by atoms with Gasteiger partial charge in [0.2, 0.25) is 6.29 Å². The average molecular weight is 509 g/mol. The monoisotopic (exact) mass is 508 g/mol. The van der Waals surface area contributed by atoms with Gasteiger partial charge in [-0.2, -0.15) is 0 Å². The number of hydrogen-bond acceptors (Lipinski definition) is 10. The summed E-state index contributed by atoms with van der Waals surface area (Å²) >= 11 is 0. The van der Waals surface area contributed by atoms with E-state index in [0.717, 1.165) is 11.1 Å². The van der Waals surface area contributed by atoms with Crippen LogP contribution in [0, 0.1) is 16.7 Å². The largest absolute Gasteiger partial charge is 0.457 e. The number of rotatable bonds is 3. The molecule has 2 heterocycles. The Morgan fingerprint density at radius 2 is 1.86 bits per heavy atom. The van der Waals surface area contributed by atoms with Crippen LogP contribution >= 0.6 is 0 Å². The summed E-state index contributed by atoms with van der Waals surface area (Å²) in [7, 11) is 0. The summed E-state index contributed by atoms with van der Waals surface area (Å²) in [5.41, 5.74) is -0.557. The van der Waals surface area contributed by atoms with Gasteiger partial charge in [-0.25, -0.2) is 4.79 Å². The second-order valence-corrected chi connectivity index (χ2v) is 11.5. The zero-order valence-corrected chi connectivity index (χ0v) is 20.7. The minimum absolute atomic E-state index is 0.219. The lowest BCUT2D eigenvalue weighted by Gasteiger charge is -2.61. The molecule has 10 heteroatoms. The topological polar surface area (TPSA) is 163 Å². The molecule has 200 valence electrons. The standard InChI is InChI=1S/C26H36O10/c1-24(23(32)36-22-20(30)19(29)18(28)16(11-27)35-22)7-3-8-25(2)17(24)5-4-14-10-13-12-34-21(31)15(13)6-9-26(14,25)33/h10,16-20,22,27-30,33H,3-9,11-12H2,1-2H3/t16-,17+,18-,19+,20-,22+,24+,25+,26-/m1/s1. The Balaban J connectivity index is 1.41. The van der Waals surface area contributed by atoms with Crippen molar-refractivity contribution in [3.63, 3.8) is 0 Å². The van der Waals surface area contributed by atoms with Gasteiger partial charge in [-0.05, 0) is 62.5 Å². The van der Waals surface area contributed by atoms with Crippen molar-refractivity contribution in [3.05, 3.63) is 22.8 Å². The molecule has 2 aliphatic heterocycles. The molecule has 9 atom stereocenters. The zero-order valence-electron chi connectivity index (χ0n) is 20.7. The third-order valence-electron chi connectivity index (χ3n) is 9.72. The van der Waals surface area contributed by atoms with Gasteiger partial charge in [-0.1, -0.05) is 19.4 Å². The van der Waals surface area contributed by atoms with Crippen molar-refractivity contribution in [2.24, 2.45) is 16.7 Å². The smallest absolute Gasteiger partial charge is 0.334 e. The van der Waals surface area contributed by atoms with Crippen molar-refractivity contribution in [2.75, 3.05) is 13.2 Å². The number of carbonyl (C=O) groups excluding carboxylic acids is 2. The maximum atomic E-state index is 13.7. The Labute approximate surface area is 209 Å². The molecule has 5 aliphatic rings. The summed E-state index contributed by atoms with van der Waals surface area (Å²) in [4.78, 5) is 25.9. The van der Waals surface area contributed by atoms with E-state index in [1.54, 1.807) is 0 Å². The lowest BCUT2D eigenvalue weighted by Crippen LogP contribution is -2.63. The first-order valence-electron chi connectivity index (χ1n) is 12.8. The van der Waals surface area contributed by atoms with E-state index in [9.17, 15) is 35.1 Å². The number of carbonyl (C=O) groups is 2. The van der Waals surface area contributed by atoms with Gasteiger partial charge >= 0.3 is 11.9 Å². The Morgan fingerprint density at radius 1 is 1.11 bits per heavy atom. The van der Waals surface area contributed by atoms with Gasteiger partial charge in [-0.3, -0.25) is 4.79 Å². The zero-order chi connectivity index (χ0) is 26.0. The molecule has 0 amide bonds. The molecule has 0 radical (unpaired) electrons. The van der Waals surface area contributed by atoms with Gasteiger partial charge in [0, 0.05) is 11.0 Å². The number of ether oxygens (including phenoxy) is 3. The Bertz CT molecular complexity index is 1000. The first-order valence-corrected chi connectivity index (χ1v) is 12.8. The van der Waals surface area contributed by atoms with Crippen LogP contribution in [0.4, 0.5) is 0 Å². The van der Waals surface area contributed by atoms with Crippen molar-refractivity contribution >= 4 is 11.9 Å². The molecule has 0 aromatic rings. The lowest BCUT2D eigenvalue weighted by atomic mass is 9.45. The second-order valence-electron chi connectivity index (χ2n) is 11.5. The molecule has 36 heavy (non-hydrogen) atoms. The summed E-state index contributed by atoms with van der Waals surface area (Å²) in [5.74, 6) is -1.20. The highest BCUT2D eigenvalue weighted by molar-refractivity contribution is 5.92. The van der Waals surface area contributed by atoms with Gasteiger partial charge in [0.15, 0.2) is 0 Å². The Kier molecular flexibility index (Phi) is 6.37. The first-order chi connectivity index (χ1) is 17.0. The predicted molar refractivity (Wildman–Crippen MR) is 123 cm³/mol. The second kappa shape index (κ2) is 8.89. The van der Waals surface area contributed by atoms with Crippen molar-refractivity contribution < 1.29 is 49.3 Å². The predicted octanol–water partition coefficient (Wildman–Crippen LogP) is 0.241. The van der Waals surface area contributed by atoms with Crippen LogP contribution in [0.15, 0.2) is 22.8 Å². The van der Waals surface area contributed by atoms with Crippen molar-refractivity contribution in [3.8, 4) is 0 Å². The van der Waals surface area contributed by atoms with E-state index in [1.807, 2.05) is 19.9 Å². The molecule has 5 rings (SSSR count). The summed E-state index contributed by atoms with van der Waals surface area (Å²) < 4.78 is 16.2. The average Bonchev–Trinajstić information content (AvgIpc) is 3.10. The number of hydrogen-bond donors (Lipinski definition) is 5. The molecular weight excluding hydrogens is 472 g/mol. The summed E-state index contributed by atoms with van der Waals surface area (Å²) in [6.07, 6.45) is -1.84. The van der Waals surface area contributed by atoms with Crippen molar-refractivity contribution in [1.82, 2.24) is 0 Å². The quantitative estimate of drug-likeness (QED) is 0.334. The molecule has 0 aromatic carbocycles. The highest BCUT2D eigenvalue weighted by Crippen LogP contribution is 2.65. The molecule has 0 bridgehead atoms. The normalized spacial score (nSPS) is 46.6. The summed E-state index contributed by atoms with van der Waals surface area (Å²) in [5, 5.41) is 52.2. The molecule has 0 unspecified atom stereocenters. The van der Waals surface area contributed by atoms with Gasteiger partial charge in [0.1, 0.15) is 31.0 Å². The fourth-order valence-electron chi connectivity index (χ4n) is 7.52. The van der Waals surface area contributed by atoms with E-state index in [0.29, 0.717) is 50.5 Å². The Morgan fingerprint density at radius 3 is 2.58 bits per heavy atom. The number of aliphatic hydroxyl groups excluding tert-OH is 4. The van der Waals surface area contributed by atoms with Gasteiger partial charge < -0.3 is 39.7 Å². The molecule has 3 aliphatic carbocycles. The number of cyclic esters (lactones) is 1.